The Morgan fingerprint density at radius 3 is 2.06 bits per heavy atom. The van der Waals surface area contributed by atoms with Gasteiger partial charge in [0.2, 0.25) is 5.91 Å². The Morgan fingerprint density at radius 2 is 1.50 bits per heavy atom. The van der Waals surface area contributed by atoms with Gasteiger partial charge in [0.1, 0.15) is 0 Å². The van der Waals surface area contributed by atoms with E-state index in [2.05, 4.69) is 5.32 Å². The molecule has 0 atom stereocenters. The fraction of sp³-hybridized carbons (Fsp3) is 0.857. The molecule has 1 aliphatic carbocycles. The summed E-state index contributed by atoms with van der Waals surface area (Å²) in [7, 11) is 0. The van der Waals surface area contributed by atoms with Crippen LogP contribution in [0, 0.1) is 5.92 Å². The number of aliphatic carboxylic acids is 1. The molecular weight excluding hydrogens is 230 g/mol. The average Bonchev–Trinajstić information content (AvgIpc) is 3.13. The van der Waals surface area contributed by atoms with E-state index < -0.39 is 5.97 Å². The van der Waals surface area contributed by atoms with Crippen LogP contribution in [0.3, 0.4) is 0 Å². The number of rotatable bonds is 11. The van der Waals surface area contributed by atoms with E-state index in [0.29, 0.717) is 6.42 Å². The molecule has 18 heavy (non-hydrogen) atoms. The van der Waals surface area contributed by atoms with E-state index in [4.69, 9.17) is 5.11 Å². The summed E-state index contributed by atoms with van der Waals surface area (Å²) in [5.74, 6) is 0.235. The third kappa shape index (κ3) is 9.02. The number of carbonyl (C=O) groups is 2. The highest BCUT2D eigenvalue weighted by atomic mass is 16.4. The summed E-state index contributed by atoms with van der Waals surface area (Å²) in [6.45, 7) is 0.869. The number of hydrogen-bond donors (Lipinski definition) is 2. The molecule has 1 aliphatic rings. The molecule has 1 amide bonds. The molecular formula is C14H25NO3. The highest BCUT2D eigenvalue weighted by molar-refractivity contribution is 5.75. The average molecular weight is 255 g/mol. The van der Waals surface area contributed by atoms with E-state index in [1.165, 1.54) is 12.8 Å². The van der Waals surface area contributed by atoms with Gasteiger partial charge < -0.3 is 10.4 Å². The van der Waals surface area contributed by atoms with Gasteiger partial charge in [-0.25, -0.2) is 0 Å². The Balaban J connectivity index is 1.77. The molecule has 0 aromatic heterocycles. The fourth-order valence-corrected chi connectivity index (χ4v) is 1.94. The second-order valence-corrected chi connectivity index (χ2v) is 5.26. The highest BCUT2D eigenvalue weighted by Gasteiger charge is 2.21. The molecule has 1 fully saturated rings. The maximum Gasteiger partial charge on any atom is 0.303 e. The number of carbonyl (C=O) groups excluding carboxylic acids is 1. The van der Waals surface area contributed by atoms with Crippen LogP contribution in [0.25, 0.3) is 0 Å². The van der Waals surface area contributed by atoms with Crippen LogP contribution in [-0.2, 0) is 9.59 Å². The molecule has 0 radical (unpaired) electrons. The standard InChI is InChI=1S/C14H25NO3/c16-13(15-11-12-9-10-12)7-5-3-1-2-4-6-8-14(17)18/h12H,1-11H2,(H,15,16)(H,17,18). The zero-order valence-electron chi connectivity index (χ0n) is 11.1. The van der Waals surface area contributed by atoms with Gasteiger partial charge in [0.15, 0.2) is 0 Å². The molecule has 0 unspecified atom stereocenters. The summed E-state index contributed by atoms with van der Waals surface area (Å²) in [4.78, 5) is 21.7. The van der Waals surface area contributed by atoms with Crippen molar-refractivity contribution >= 4 is 11.9 Å². The third-order valence-electron chi connectivity index (χ3n) is 3.33. The number of carboxylic acid groups (broad SMARTS) is 1. The molecule has 0 spiro atoms. The summed E-state index contributed by atoms with van der Waals surface area (Å²) in [6.07, 6.45) is 9.45. The molecule has 0 aromatic carbocycles. The van der Waals surface area contributed by atoms with Gasteiger partial charge in [-0.1, -0.05) is 25.7 Å². The Morgan fingerprint density at radius 1 is 0.944 bits per heavy atom. The van der Waals surface area contributed by atoms with Gasteiger partial charge in [-0.05, 0) is 31.6 Å². The molecule has 4 nitrogen and oxygen atoms in total. The van der Waals surface area contributed by atoms with Crippen LogP contribution in [0.2, 0.25) is 0 Å². The van der Waals surface area contributed by atoms with Gasteiger partial charge in [-0.15, -0.1) is 0 Å². The third-order valence-corrected chi connectivity index (χ3v) is 3.33. The Hall–Kier alpha value is -1.06. The molecule has 104 valence electrons. The SMILES string of the molecule is O=C(O)CCCCCCCCC(=O)NCC1CC1. The molecule has 0 heterocycles. The van der Waals surface area contributed by atoms with Crippen molar-refractivity contribution in [3.8, 4) is 0 Å². The summed E-state index contributed by atoms with van der Waals surface area (Å²) >= 11 is 0. The number of hydrogen-bond acceptors (Lipinski definition) is 2. The first-order valence-electron chi connectivity index (χ1n) is 7.17. The summed E-state index contributed by atoms with van der Waals surface area (Å²) in [6, 6.07) is 0. The normalized spacial score (nSPS) is 14.4. The first-order chi connectivity index (χ1) is 8.68. The zero-order chi connectivity index (χ0) is 13.2. The van der Waals surface area contributed by atoms with E-state index in [0.717, 1.165) is 51.0 Å². The molecule has 4 heteroatoms. The van der Waals surface area contributed by atoms with Crippen molar-refractivity contribution in [3.63, 3.8) is 0 Å². The minimum atomic E-state index is -0.706. The number of unbranched alkanes of at least 4 members (excludes halogenated alkanes) is 5. The first kappa shape index (κ1) is 15.0. The summed E-state index contributed by atoms with van der Waals surface area (Å²) in [5.41, 5.74) is 0. The Labute approximate surface area is 109 Å². The van der Waals surface area contributed by atoms with Crippen molar-refractivity contribution in [2.24, 2.45) is 5.92 Å². The topological polar surface area (TPSA) is 66.4 Å². The van der Waals surface area contributed by atoms with Crippen LogP contribution >= 0.6 is 0 Å². The lowest BCUT2D eigenvalue weighted by molar-refractivity contribution is -0.137. The lowest BCUT2D eigenvalue weighted by atomic mass is 10.1. The summed E-state index contributed by atoms with van der Waals surface area (Å²) in [5, 5.41) is 11.4. The Kier molecular flexibility index (Phi) is 7.46. The predicted octanol–water partition coefficient (Wildman–Crippen LogP) is 2.72. The van der Waals surface area contributed by atoms with Crippen LogP contribution in [0.4, 0.5) is 0 Å². The molecule has 0 bridgehead atoms. The van der Waals surface area contributed by atoms with Crippen LogP contribution in [0.1, 0.15) is 64.2 Å². The minimum Gasteiger partial charge on any atom is -0.481 e. The molecule has 1 rings (SSSR count). The Bertz CT molecular complexity index is 262. The quantitative estimate of drug-likeness (QED) is 0.558. The van der Waals surface area contributed by atoms with E-state index in [-0.39, 0.29) is 12.3 Å². The predicted molar refractivity (Wildman–Crippen MR) is 70.3 cm³/mol. The maximum atomic E-state index is 11.4. The lowest BCUT2D eigenvalue weighted by Gasteiger charge is -2.04. The fourth-order valence-electron chi connectivity index (χ4n) is 1.94. The van der Waals surface area contributed by atoms with Crippen molar-refractivity contribution in [2.45, 2.75) is 64.2 Å². The van der Waals surface area contributed by atoms with Crippen LogP contribution in [0.5, 0.6) is 0 Å². The van der Waals surface area contributed by atoms with Crippen LogP contribution in [-0.4, -0.2) is 23.5 Å². The number of amides is 1. The van der Waals surface area contributed by atoms with Gasteiger partial charge in [0.05, 0.1) is 0 Å². The number of carboxylic acids is 1. The van der Waals surface area contributed by atoms with Crippen molar-refractivity contribution in [2.75, 3.05) is 6.54 Å². The zero-order valence-corrected chi connectivity index (χ0v) is 11.1. The van der Waals surface area contributed by atoms with Crippen molar-refractivity contribution in [3.05, 3.63) is 0 Å². The van der Waals surface area contributed by atoms with Gasteiger partial charge in [-0.2, -0.15) is 0 Å². The van der Waals surface area contributed by atoms with Gasteiger partial charge in [-0.3, -0.25) is 9.59 Å². The second-order valence-electron chi connectivity index (χ2n) is 5.26. The highest BCUT2D eigenvalue weighted by Crippen LogP contribution is 2.27. The minimum absolute atomic E-state index is 0.188. The second kappa shape index (κ2) is 8.95. The molecule has 0 saturated heterocycles. The molecule has 1 saturated carbocycles. The van der Waals surface area contributed by atoms with Crippen molar-refractivity contribution in [1.82, 2.24) is 5.32 Å². The molecule has 0 aliphatic heterocycles. The van der Waals surface area contributed by atoms with Crippen molar-refractivity contribution in [1.29, 1.82) is 0 Å². The summed E-state index contributed by atoms with van der Waals surface area (Å²) < 4.78 is 0. The lowest BCUT2D eigenvalue weighted by Crippen LogP contribution is -2.25. The van der Waals surface area contributed by atoms with Crippen LogP contribution < -0.4 is 5.32 Å². The maximum absolute atomic E-state index is 11.4. The number of nitrogens with one attached hydrogen (secondary N) is 1. The molecule has 0 aromatic rings. The van der Waals surface area contributed by atoms with Crippen LogP contribution in [0.15, 0.2) is 0 Å². The van der Waals surface area contributed by atoms with Gasteiger partial charge in [0, 0.05) is 19.4 Å². The van der Waals surface area contributed by atoms with E-state index in [1.54, 1.807) is 0 Å². The molecule has 2 N–H and O–H groups in total. The van der Waals surface area contributed by atoms with Gasteiger partial charge in [0.25, 0.3) is 0 Å². The smallest absolute Gasteiger partial charge is 0.303 e. The van der Waals surface area contributed by atoms with Crippen molar-refractivity contribution < 1.29 is 14.7 Å². The van der Waals surface area contributed by atoms with E-state index in [1.807, 2.05) is 0 Å². The largest absolute Gasteiger partial charge is 0.481 e. The van der Waals surface area contributed by atoms with E-state index in [9.17, 15) is 9.59 Å². The first-order valence-corrected chi connectivity index (χ1v) is 7.17. The van der Waals surface area contributed by atoms with E-state index >= 15 is 0 Å². The monoisotopic (exact) mass is 255 g/mol. The van der Waals surface area contributed by atoms with Gasteiger partial charge >= 0.3 is 5.97 Å².